The number of carbonyl (C=O) groups excluding carboxylic acids is 2. The number of fused-ring (bicyclic) bond motifs is 1. The van der Waals surface area contributed by atoms with Crippen LogP contribution in [0.1, 0.15) is 36.7 Å². The van der Waals surface area contributed by atoms with Crippen LogP contribution in [0.5, 0.6) is 0 Å². The Morgan fingerprint density at radius 2 is 1.57 bits per heavy atom. The van der Waals surface area contributed by atoms with Crippen molar-refractivity contribution in [2.75, 3.05) is 21.1 Å². The summed E-state index contributed by atoms with van der Waals surface area (Å²) in [4.78, 5) is 27.5. The van der Waals surface area contributed by atoms with E-state index in [2.05, 4.69) is 24.1 Å². The molecular formula is C33H33N3O5S. The molecule has 4 aromatic rings. The van der Waals surface area contributed by atoms with Gasteiger partial charge in [0, 0.05) is 29.1 Å². The van der Waals surface area contributed by atoms with Crippen molar-refractivity contribution < 1.29 is 22.7 Å². The summed E-state index contributed by atoms with van der Waals surface area (Å²) in [6, 6.07) is 30.5. The van der Waals surface area contributed by atoms with E-state index < -0.39 is 28.5 Å². The molecule has 0 aliphatic carbocycles. The molecule has 0 radical (unpaired) electrons. The van der Waals surface area contributed by atoms with Gasteiger partial charge in [-0.25, -0.2) is 13.2 Å². The second-order valence-corrected chi connectivity index (χ2v) is 12.3. The molecule has 42 heavy (non-hydrogen) atoms. The fourth-order valence-electron chi connectivity index (χ4n) is 5.25. The highest BCUT2D eigenvalue weighted by Gasteiger charge is 2.36. The number of para-hydroxylation sites is 2. The Hall–Kier alpha value is -4.63. The number of amides is 1. The normalized spacial score (nSPS) is 14.4. The predicted molar refractivity (Wildman–Crippen MR) is 165 cm³/mol. The van der Waals surface area contributed by atoms with E-state index in [1.807, 2.05) is 61.5 Å². The number of rotatable bonds is 9. The van der Waals surface area contributed by atoms with Crippen molar-refractivity contribution in [3.8, 4) is 0 Å². The zero-order valence-corrected chi connectivity index (χ0v) is 24.5. The van der Waals surface area contributed by atoms with Gasteiger partial charge in [0.25, 0.3) is 15.9 Å². The van der Waals surface area contributed by atoms with Crippen LogP contribution in [0.3, 0.4) is 0 Å². The van der Waals surface area contributed by atoms with Crippen LogP contribution < -0.4 is 14.5 Å². The monoisotopic (exact) mass is 583 g/mol. The molecule has 1 N–H and O–H groups in total. The quantitative estimate of drug-likeness (QED) is 0.237. The smallest absolute Gasteiger partial charge is 0.338 e. The lowest BCUT2D eigenvalue weighted by Crippen LogP contribution is -2.35. The summed E-state index contributed by atoms with van der Waals surface area (Å²) in [5, 5.41) is 2.73. The molecule has 0 spiro atoms. The second-order valence-electron chi connectivity index (χ2n) is 10.5. The maximum Gasteiger partial charge on any atom is 0.338 e. The van der Waals surface area contributed by atoms with E-state index in [0.29, 0.717) is 17.8 Å². The minimum Gasteiger partial charge on any atom is -0.452 e. The van der Waals surface area contributed by atoms with Gasteiger partial charge in [-0.05, 0) is 93.4 Å². The number of hydrogen-bond acceptors (Lipinski definition) is 6. The predicted octanol–water partition coefficient (Wildman–Crippen LogP) is 6.17. The van der Waals surface area contributed by atoms with Crippen LogP contribution in [0, 0.1) is 0 Å². The lowest BCUT2D eigenvalue weighted by atomic mass is 10.1. The summed E-state index contributed by atoms with van der Waals surface area (Å²) >= 11 is 0. The molecule has 1 aliphatic heterocycles. The third kappa shape index (κ3) is 6.01. The van der Waals surface area contributed by atoms with Crippen LogP contribution in [0.25, 0.3) is 0 Å². The minimum absolute atomic E-state index is 0.0176. The number of hydrogen-bond donors (Lipinski definition) is 1. The number of ether oxygens (including phenoxy) is 1. The number of anilines is 4. The lowest BCUT2D eigenvalue weighted by Gasteiger charge is -2.29. The molecule has 1 heterocycles. The first-order valence-electron chi connectivity index (χ1n) is 13.8. The highest BCUT2D eigenvalue weighted by atomic mass is 32.2. The van der Waals surface area contributed by atoms with E-state index in [0.717, 1.165) is 16.9 Å². The van der Waals surface area contributed by atoms with Crippen LogP contribution in [0.2, 0.25) is 0 Å². The van der Waals surface area contributed by atoms with E-state index in [-0.39, 0.29) is 22.5 Å². The summed E-state index contributed by atoms with van der Waals surface area (Å²) in [5.74, 6) is -1.30. The highest BCUT2D eigenvalue weighted by Crippen LogP contribution is 2.36. The Labute approximate surface area is 246 Å². The summed E-state index contributed by atoms with van der Waals surface area (Å²) in [5.41, 5.74) is 4.24. The van der Waals surface area contributed by atoms with Gasteiger partial charge in [0.05, 0.1) is 16.1 Å². The van der Waals surface area contributed by atoms with E-state index >= 15 is 0 Å². The molecule has 4 aromatic carbocycles. The van der Waals surface area contributed by atoms with Gasteiger partial charge in [-0.1, -0.05) is 42.5 Å². The second kappa shape index (κ2) is 12.1. The van der Waals surface area contributed by atoms with Crippen molar-refractivity contribution in [2.45, 2.75) is 44.2 Å². The molecule has 0 saturated carbocycles. The third-order valence-corrected chi connectivity index (χ3v) is 9.01. The number of benzene rings is 4. The number of nitrogens with zero attached hydrogens (tertiary/aromatic N) is 2. The van der Waals surface area contributed by atoms with Crippen molar-refractivity contribution >= 4 is 44.6 Å². The Morgan fingerprint density at radius 1 is 0.905 bits per heavy atom. The zero-order chi connectivity index (χ0) is 29.9. The average molecular weight is 584 g/mol. The van der Waals surface area contributed by atoms with Gasteiger partial charge in [0.1, 0.15) is 0 Å². The van der Waals surface area contributed by atoms with Crippen LogP contribution in [0.4, 0.5) is 22.7 Å². The van der Waals surface area contributed by atoms with Crippen molar-refractivity contribution in [3.63, 3.8) is 0 Å². The van der Waals surface area contributed by atoms with E-state index in [1.54, 1.807) is 24.3 Å². The first kappa shape index (κ1) is 28.9. The van der Waals surface area contributed by atoms with Gasteiger partial charge in [-0.2, -0.15) is 0 Å². The SMILES string of the molecule is CC(C)N(c1ccccc1)c1ccc(NC(=O)COC(=O)c2cccc(S(=O)(=O)N3c4ccccc4C[C@H]3C)c2)cc1. The molecule has 5 rings (SSSR count). The van der Waals surface area contributed by atoms with E-state index in [4.69, 9.17) is 4.74 Å². The molecule has 0 bridgehead atoms. The summed E-state index contributed by atoms with van der Waals surface area (Å²) in [6.07, 6.45) is 0.609. The largest absolute Gasteiger partial charge is 0.452 e. The fourth-order valence-corrected chi connectivity index (χ4v) is 6.99. The highest BCUT2D eigenvalue weighted by molar-refractivity contribution is 7.92. The van der Waals surface area contributed by atoms with Crippen LogP contribution in [-0.4, -0.2) is 39.0 Å². The Bertz CT molecular complexity index is 1690. The molecule has 216 valence electrons. The average Bonchev–Trinajstić information content (AvgIpc) is 3.34. The Morgan fingerprint density at radius 3 is 2.29 bits per heavy atom. The van der Waals surface area contributed by atoms with E-state index in [1.165, 1.54) is 28.6 Å². The third-order valence-electron chi connectivity index (χ3n) is 7.09. The molecule has 1 amide bonds. The van der Waals surface area contributed by atoms with Crippen molar-refractivity contribution in [2.24, 2.45) is 0 Å². The van der Waals surface area contributed by atoms with Gasteiger partial charge in [-0.3, -0.25) is 9.10 Å². The summed E-state index contributed by atoms with van der Waals surface area (Å²) in [7, 11) is -3.92. The van der Waals surface area contributed by atoms with Crippen LogP contribution in [0.15, 0.2) is 108 Å². The van der Waals surface area contributed by atoms with Gasteiger partial charge >= 0.3 is 5.97 Å². The Kier molecular flexibility index (Phi) is 8.31. The van der Waals surface area contributed by atoms with Crippen molar-refractivity contribution in [1.82, 2.24) is 0 Å². The summed E-state index contributed by atoms with van der Waals surface area (Å²) in [6.45, 7) is 5.55. The van der Waals surface area contributed by atoms with Crippen LogP contribution in [-0.2, 0) is 26.0 Å². The van der Waals surface area contributed by atoms with Crippen molar-refractivity contribution in [1.29, 1.82) is 0 Å². The summed E-state index contributed by atoms with van der Waals surface area (Å²) < 4.78 is 33.7. The number of sulfonamides is 1. The molecule has 0 unspecified atom stereocenters. The number of nitrogens with one attached hydrogen (secondary N) is 1. The Balaban J connectivity index is 1.21. The molecule has 0 saturated heterocycles. The molecule has 0 fully saturated rings. The standard InChI is InChI=1S/C33H33N3O5S/c1-23(2)35(28-12-5-4-6-13-28)29-18-16-27(17-19-29)34-32(37)22-41-33(38)26-11-9-14-30(21-26)42(39,40)36-24(3)20-25-10-7-8-15-31(25)36/h4-19,21,23-24H,20,22H2,1-3H3,(H,34,37)/t24-/m1/s1. The first-order valence-corrected chi connectivity index (χ1v) is 15.2. The minimum atomic E-state index is -3.92. The molecule has 9 heteroatoms. The van der Waals surface area contributed by atoms with Gasteiger partial charge in [0.15, 0.2) is 6.61 Å². The first-order chi connectivity index (χ1) is 20.1. The van der Waals surface area contributed by atoms with Gasteiger partial charge in [-0.15, -0.1) is 0 Å². The topological polar surface area (TPSA) is 96.0 Å². The number of esters is 1. The fraction of sp³-hybridized carbons (Fsp3) is 0.212. The van der Waals surface area contributed by atoms with E-state index in [9.17, 15) is 18.0 Å². The van der Waals surface area contributed by atoms with Crippen molar-refractivity contribution in [3.05, 3.63) is 114 Å². The molecule has 1 aliphatic rings. The molecule has 0 aromatic heterocycles. The number of carbonyl (C=O) groups is 2. The van der Waals surface area contributed by atoms with Gasteiger partial charge < -0.3 is 15.0 Å². The van der Waals surface area contributed by atoms with Crippen LogP contribution >= 0.6 is 0 Å². The maximum absolute atomic E-state index is 13.5. The lowest BCUT2D eigenvalue weighted by molar-refractivity contribution is -0.119. The van der Waals surface area contributed by atoms with Gasteiger partial charge in [0.2, 0.25) is 0 Å². The molecule has 1 atom stereocenters. The molecule has 8 nitrogen and oxygen atoms in total. The molecular weight excluding hydrogens is 550 g/mol. The maximum atomic E-state index is 13.5. The zero-order valence-electron chi connectivity index (χ0n) is 23.7.